The van der Waals surface area contributed by atoms with Crippen LogP contribution in [0.15, 0.2) is 66.7 Å². The number of morpholine rings is 1. The number of alkyl halides is 3. The number of carbonyl (C=O) groups is 2. The van der Waals surface area contributed by atoms with Crippen LogP contribution in [0.1, 0.15) is 45.8 Å². The molecule has 2 aliphatic heterocycles. The number of nitrogens with zero attached hydrogens (tertiary/aromatic N) is 1. The van der Waals surface area contributed by atoms with Crippen molar-refractivity contribution in [3.63, 3.8) is 0 Å². The van der Waals surface area contributed by atoms with Crippen molar-refractivity contribution in [2.24, 2.45) is 5.92 Å². The van der Waals surface area contributed by atoms with E-state index in [2.05, 4.69) is 24.3 Å². The second-order valence-electron chi connectivity index (χ2n) is 10.5. The number of hydrogen-bond acceptors (Lipinski definition) is 5. The van der Waals surface area contributed by atoms with Gasteiger partial charge in [-0.3, -0.25) is 9.69 Å². The minimum absolute atomic E-state index is 0.0707. The Morgan fingerprint density at radius 1 is 0.925 bits per heavy atom. The van der Waals surface area contributed by atoms with Gasteiger partial charge in [0, 0.05) is 11.8 Å². The zero-order valence-electron chi connectivity index (χ0n) is 21.8. The predicted octanol–water partition coefficient (Wildman–Crippen LogP) is 6.33. The van der Waals surface area contributed by atoms with E-state index in [4.69, 9.17) is 14.2 Å². The van der Waals surface area contributed by atoms with Gasteiger partial charge in [0.1, 0.15) is 12.4 Å². The maximum absolute atomic E-state index is 13.4. The molecule has 6 nitrogen and oxygen atoms in total. The second kappa shape index (κ2) is 10.3. The van der Waals surface area contributed by atoms with Crippen molar-refractivity contribution >= 4 is 11.9 Å². The largest absolute Gasteiger partial charge is 0.496 e. The maximum atomic E-state index is 13.4. The molecule has 6 rings (SSSR count). The lowest BCUT2D eigenvalue weighted by Gasteiger charge is -2.47. The molecule has 40 heavy (non-hydrogen) atoms. The second-order valence-corrected chi connectivity index (χ2v) is 10.5. The molecule has 3 aromatic carbocycles. The Morgan fingerprint density at radius 2 is 1.52 bits per heavy atom. The zero-order chi connectivity index (χ0) is 28.0. The number of rotatable bonds is 5. The Balaban J connectivity index is 1.16. The Hall–Kier alpha value is -3.85. The number of carbonyl (C=O) groups excluding carboxylic acids is 2. The lowest BCUT2D eigenvalue weighted by molar-refractivity contribution is -0.137. The number of ketones is 1. The normalized spacial score (nSPS) is 21.9. The van der Waals surface area contributed by atoms with Crippen molar-refractivity contribution in [3.8, 4) is 16.9 Å². The summed E-state index contributed by atoms with van der Waals surface area (Å²) in [5.74, 6) is -0.962. The van der Waals surface area contributed by atoms with Gasteiger partial charge < -0.3 is 14.2 Å². The fraction of sp³-hybridized carbons (Fsp3) is 0.355. The van der Waals surface area contributed by atoms with Crippen LogP contribution in [-0.2, 0) is 15.7 Å². The minimum Gasteiger partial charge on any atom is -0.496 e. The van der Waals surface area contributed by atoms with Gasteiger partial charge in [0.05, 0.1) is 43.5 Å². The standard InChI is InChI=1S/C31H28F3NO5/c1-38-28-14-19(31(32,33)34)10-11-26(28)29(36)18-12-20-15-39-16-21(13-18)35(20)30(37)40-17-27-24-8-4-2-6-22(24)23-7-3-5-9-25(23)27/h2-11,14,18,20-21,27H,12-13,15-17H2,1H3. The highest BCUT2D eigenvalue weighted by molar-refractivity contribution is 6.00. The summed E-state index contributed by atoms with van der Waals surface area (Å²) in [6.45, 7) is 0.706. The van der Waals surface area contributed by atoms with Gasteiger partial charge in [-0.15, -0.1) is 0 Å². The lowest BCUT2D eigenvalue weighted by atomic mass is 9.80. The van der Waals surface area contributed by atoms with Crippen LogP contribution < -0.4 is 4.74 Å². The summed E-state index contributed by atoms with van der Waals surface area (Å²) in [5, 5.41) is 0. The van der Waals surface area contributed by atoms with Crippen molar-refractivity contribution in [3.05, 3.63) is 89.0 Å². The number of Topliss-reactive ketones (excluding diaryl/α,β-unsaturated/α-hetero) is 1. The van der Waals surface area contributed by atoms with Crippen LogP contribution in [0.3, 0.4) is 0 Å². The third kappa shape index (κ3) is 4.62. The number of fused-ring (bicyclic) bond motifs is 5. The van der Waals surface area contributed by atoms with Crippen LogP contribution in [-0.4, -0.2) is 55.8 Å². The third-order valence-electron chi connectivity index (χ3n) is 8.23. The molecule has 0 saturated carbocycles. The average Bonchev–Trinajstić information content (AvgIpc) is 3.27. The highest BCUT2D eigenvalue weighted by atomic mass is 19.4. The molecular formula is C31H28F3NO5. The monoisotopic (exact) mass is 551 g/mol. The summed E-state index contributed by atoms with van der Waals surface area (Å²) in [4.78, 5) is 28.5. The molecule has 2 heterocycles. The molecule has 2 atom stereocenters. The summed E-state index contributed by atoms with van der Waals surface area (Å²) in [5.41, 5.74) is 3.75. The van der Waals surface area contributed by atoms with E-state index in [9.17, 15) is 22.8 Å². The molecule has 2 unspecified atom stereocenters. The molecule has 208 valence electrons. The molecule has 2 bridgehead atoms. The van der Waals surface area contributed by atoms with Crippen LogP contribution in [0, 0.1) is 5.92 Å². The molecule has 3 aliphatic rings. The number of hydrogen-bond donors (Lipinski definition) is 0. The number of methoxy groups -OCH3 is 1. The fourth-order valence-electron chi connectivity index (χ4n) is 6.39. The van der Waals surface area contributed by atoms with Crippen LogP contribution in [0.25, 0.3) is 11.1 Å². The van der Waals surface area contributed by atoms with Gasteiger partial charge >= 0.3 is 12.3 Å². The fourth-order valence-corrected chi connectivity index (χ4v) is 6.39. The summed E-state index contributed by atoms with van der Waals surface area (Å²) in [6, 6.07) is 18.4. The molecule has 2 saturated heterocycles. The quantitative estimate of drug-likeness (QED) is 0.347. The number of benzene rings is 3. The Bertz CT molecular complexity index is 1400. The molecule has 0 aromatic heterocycles. The molecule has 2 fully saturated rings. The van der Waals surface area contributed by atoms with E-state index in [0.29, 0.717) is 12.8 Å². The van der Waals surface area contributed by atoms with Gasteiger partial charge in [-0.05, 0) is 53.3 Å². The van der Waals surface area contributed by atoms with Gasteiger partial charge in [0.2, 0.25) is 0 Å². The average molecular weight is 552 g/mol. The zero-order valence-corrected chi connectivity index (χ0v) is 21.8. The van der Waals surface area contributed by atoms with Crippen LogP contribution in [0.5, 0.6) is 5.75 Å². The molecule has 0 spiro atoms. The highest BCUT2D eigenvalue weighted by Crippen LogP contribution is 2.45. The molecule has 9 heteroatoms. The highest BCUT2D eigenvalue weighted by Gasteiger charge is 2.45. The smallest absolute Gasteiger partial charge is 0.416 e. The first-order valence-corrected chi connectivity index (χ1v) is 13.3. The third-order valence-corrected chi connectivity index (χ3v) is 8.23. The van der Waals surface area contributed by atoms with Crippen molar-refractivity contribution in [1.29, 1.82) is 0 Å². The van der Waals surface area contributed by atoms with E-state index in [1.54, 1.807) is 4.90 Å². The molecule has 0 radical (unpaired) electrons. The van der Waals surface area contributed by atoms with E-state index in [0.717, 1.165) is 34.4 Å². The van der Waals surface area contributed by atoms with Crippen LogP contribution in [0.2, 0.25) is 0 Å². The van der Waals surface area contributed by atoms with E-state index in [1.165, 1.54) is 13.2 Å². The summed E-state index contributed by atoms with van der Waals surface area (Å²) in [7, 11) is 1.24. The van der Waals surface area contributed by atoms with Crippen LogP contribution >= 0.6 is 0 Å². The minimum atomic E-state index is -4.54. The van der Waals surface area contributed by atoms with E-state index < -0.39 is 23.8 Å². The van der Waals surface area contributed by atoms with Crippen LogP contribution in [0.4, 0.5) is 18.0 Å². The van der Waals surface area contributed by atoms with Crippen molar-refractivity contribution in [1.82, 2.24) is 4.90 Å². The van der Waals surface area contributed by atoms with E-state index >= 15 is 0 Å². The number of amides is 1. The molecule has 1 aliphatic carbocycles. The van der Waals surface area contributed by atoms with Gasteiger partial charge in [-0.25, -0.2) is 4.79 Å². The molecule has 1 amide bonds. The maximum Gasteiger partial charge on any atom is 0.416 e. The SMILES string of the molecule is COc1cc(C(F)(F)F)ccc1C(=O)C1CC2COCC(C1)N2C(=O)OCC1c2ccccc2-c2ccccc21. The lowest BCUT2D eigenvalue weighted by Crippen LogP contribution is -2.60. The summed E-state index contributed by atoms with van der Waals surface area (Å²) in [6.07, 6.45) is -4.34. The van der Waals surface area contributed by atoms with Gasteiger partial charge in [-0.1, -0.05) is 48.5 Å². The topological polar surface area (TPSA) is 65.1 Å². The Morgan fingerprint density at radius 3 is 2.10 bits per heavy atom. The Kier molecular flexibility index (Phi) is 6.78. The van der Waals surface area contributed by atoms with Gasteiger partial charge in [0.15, 0.2) is 5.78 Å². The predicted molar refractivity (Wildman–Crippen MR) is 140 cm³/mol. The summed E-state index contributed by atoms with van der Waals surface area (Å²) >= 11 is 0. The Labute approximate surface area is 229 Å². The van der Waals surface area contributed by atoms with Crippen molar-refractivity contribution < 1.29 is 37.0 Å². The molecular weight excluding hydrogens is 523 g/mol. The van der Waals surface area contributed by atoms with Gasteiger partial charge in [0.25, 0.3) is 0 Å². The van der Waals surface area contributed by atoms with E-state index in [-0.39, 0.29) is 54.9 Å². The van der Waals surface area contributed by atoms with Crippen molar-refractivity contribution in [2.75, 3.05) is 26.9 Å². The first-order chi connectivity index (χ1) is 19.3. The van der Waals surface area contributed by atoms with Gasteiger partial charge in [-0.2, -0.15) is 13.2 Å². The van der Waals surface area contributed by atoms with E-state index in [1.807, 2.05) is 24.3 Å². The van der Waals surface area contributed by atoms with Crippen molar-refractivity contribution in [2.45, 2.75) is 37.0 Å². The first kappa shape index (κ1) is 26.4. The molecule has 3 aromatic rings. The number of ether oxygens (including phenoxy) is 3. The molecule has 0 N–H and O–H groups in total. The number of piperidine rings is 1. The number of halogens is 3. The summed E-state index contributed by atoms with van der Waals surface area (Å²) < 4.78 is 56.3. The first-order valence-electron chi connectivity index (χ1n) is 13.3.